The Morgan fingerprint density at radius 1 is 1.17 bits per heavy atom. The van der Waals surface area contributed by atoms with Crippen molar-refractivity contribution in [3.05, 3.63) is 71.0 Å². The van der Waals surface area contributed by atoms with E-state index < -0.39 is 5.92 Å². The van der Waals surface area contributed by atoms with E-state index in [2.05, 4.69) is 32.0 Å². The second kappa shape index (κ2) is 7.04. The summed E-state index contributed by atoms with van der Waals surface area (Å²) in [7, 11) is 0. The molecule has 1 atom stereocenters. The predicted octanol–water partition coefficient (Wildman–Crippen LogP) is 2.41. The number of aryl methyl sites for hydroxylation is 2. The van der Waals surface area contributed by atoms with E-state index in [-0.39, 0.29) is 5.91 Å². The van der Waals surface area contributed by atoms with Crippen molar-refractivity contribution in [2.24, 2.45) is 0 Å². The minimum Gasteiger partial charge on any atom is -0.335 e. The van der Waals surface area contributed by atoms with Crippen molar-refractivity contribution in [3.63, 3.8) is 0 Å². The Balaban J connectivity index is 1.85. The van der Waals surface area contributed by atoms with E-state index in [1.54, 1.807) is 0 Å². The van der Waals surface area contributed by atoms with E-state index in [1.807, 2.05) is 56.3 Å². The van der Waals surface area contributed by atoms with Crippen molar-refractivity contribution < 1.29 is 4.79 Å². The quantitative estimate of drug-likeness (QED) is 0.780. The highest BCUT2D eigenvalue weighted by atomic mass is 16.1. The normalized spacial score (nSPS) is 11.9. The van der Waals surface area contributed by atoms with E-state index >= 15 is 0 Å². The smallest absolute Gasteiger partial charge is 0.232 e. The largest absolute Gasteiger partial charge is 0.335 e. The molecule has 0 spiro atoms. The van der Waals surface area contributed by atoms with Crippen molar-refractivity contribution in [2.75, 3.05) is 5.32 Å². The number of nitrogens with zero attached hydrogens (tertiary/aromatic N) is 4. The van der Waals surface area contributed by atoms with Gasteiger partial charge < -0.3 is 10.4 Å². The van der Waals surface area contributed by atoms with E-state index in [9.17, 15) is 4.79 Å². The Morgan fingerprint density at radius 2 is 2.00 bits per heavy atom. The molecule has 0 aliphatic carbocycles. The van der Waals surface area contributed by atoms with E-state index in [1.165, 1.54) is 0 Å². The second-order valence-electron chi connectivity index (χ2n) is 5.79. The standard InChI is InChI=1S/C18H19N5O/c1-12-6-5-8-14(10-12)11-15(17-20-22-23-21-17)18(24)19-16-9-4-3-7-13(16)2/h3-10,15H,11H2,1-2H3,(H2,19,20,21,22,23,24)/p-1/t15-/m1/s1. The maximum Gasteiger partial charge on any atom is 0.232 e. The molecule has 0 saturated heterocycles. The van der Waals surface area contributed by atoms with Crippen LogP contribution in [0.1, 0.15) is 28.4 Å². The molecule has 1 heterocycles. The van der Waals surface area contributed by atoms with Crippen LogP contribution in [0.2, 0.25) is 0 Å². The Morgan fingerprint density at radius 3 is 2.71 bits per heavy atom. The van der Waals surface area contributed by atoms with Crippen LogP contribution in [0, 0.1) is 13.8 Å². The van der Waals surface area contributed by atoms with Crippen LogP contribution in [0.5, 0.6) is 0 Å². The van der Waals surface area contributed by atoms with Gasteiger partial charge >= 0.3 is 0 Å². The van der Waals surface area contributed by atoms with Gasteiger partial charge in [-0.1, -0.05) is 48.0 Å². The van der Waals surface area contributed by atoms with Crippen molar-refractivity contribution >= 4 is 11.6 Å². The summed E-state index contributed by atoms with van der Waals surface area (Å²) in [6.07, 6.45) is 0.493. The molecule has 24 heavy (non-hydrogen) atoms. The number of hydrogen-bond acceptors (Lipinski definition) is 4. The molecule has 0 aliphatic heterocycles. The molecular weight excluding hydrogens is 302 g/mol. The lowest BCUT2D eigenvalue weighted by molar-refractivity contribution is -0.117. The average molecular weight is 320 g/mol. The Kier molecular flexibility index (Phi) is 4.65. The maximum atomic E-state index is 12.8. The van der Waals surface area contributed by atoms with Crippen molar-refractivity contribution in [2.45, 2.75) is 26.2 Å². The number of tetrazole rings is 1. The first-order chi connectivity index (χ1) is 11.6. The molecule has 3 aromatic rings. The molecule has 122 valence electrons. The molecule has 0 saturated carbocycles. The number of amides is 1. The van der Waals surface area contributed by atoms with E-state index in [4.69, 9.17) is 0 Å². The Bertz CT molecular complexity index is 829. The third kappa shape index (κ3) is 3.65. The summed E-state index contributed by atoms with van der Waals surface area (Å²) in [6, 6.07) is 15.7. The molecule has 6 heteroatoms. The van der Waals surface area contributed by atoms with Crippen molar-refractivity contribution in [3.8, 4) is 0 Å². The second-order valence-corrected chi connectivity index (χ2v) is 5.79. The van der Waals surface area contributed by atoms with Gasteiger partial charge in [-0.05, 0) is 37.5 Å². The first kappa shape index (κ1) is 15.9. The Labute approximate surface area is 140 Å². The first-order valence-corrected chi connectivity index (χ1v) is 7.74. The third-order valence-electron chi connectivity index (χ3n) is 3.89. The number of aromatic nitrogens is 4. The number of anilines is 1. The molecule has 0 unspecified atom stereocenters. The van der Waals surface area contributed by atoms with Crippen LogP contribution in [0.15, 0.2) is 48.5 Å². The topological polar surface area (TPSA) is 81.9 Å². The fourth-order valence-corrected chi connectivity index (χ4v) is 2.60. The number of benzene rings is 2. The van der Waals surface area contributed by atoms with Crippen molar-refractivity contribution in [1.82, 2.24) is 20.6 Å². The van der Waals surface area contributed by atoms with Gasteiger partial charge in [-0.2, -0.15) is 5.21 Å². The molecule has 0 radical (unpaired) electrons. The van der Waals surface area contributed by atoms with Crippen LogP contribution in [-0.2, 0) is 11.2 Å². The number of hydrogen-bond donors (Lipinski definition) is 1. The van der Waals surface area contributed by atoms with Crippen LogP contribution in [-0.4, -0.2) is 21.4 Å². The first-order valence-electron chi connectivity index (χ1n) is 7.74. The summed E-state index contributed by atoms with van der Waals surface area (Å²) >= 11 is 0. The molecule has 1 aromatic heterocycles. The van der Waals surface area contributed by atoms with E-state index in [0.717, 1.165) is 22.4 Å². The zero-order valence-electron chi connectivity index (χ0n) is 13.6. The van der Waals surface area contributed by atoms with Gasteiger partial charge in [0.2, 0.25) is 5.91 Å². The molecule has 6 nitrogen and oxygen atoms in total. The molecule has 1 amide bonds. The maximum absolute atomic E-state index is 12.8. The summed E-state index contributed by atoms with van der Waals surface area (Å²) in [5.41, 5.74) is 3.97. The number of carbonyl (C=O) groups excluding carboxylic acids is 1. The summed E-state index contributed by atoms with van der Waals surface area (Å²) in [4.78, 5) is 12.8. The lowest BCUT2D eigenvalue weighted by atomic mass is 9.96. The van der Waals surface area contributed by atoms with Crippen molar-refractivity contribution in [1.29, 1.82) is 0 Å². The Hall–Kier alpha value is -3.02. The van der Waals surface area contributed by atoms with Gasteiger partial charge in [-0.15, -0.1) is 0 Å². The summed E-state index contributed by atoms with van der Waals surface area (Å²) < 4.78 is 0. The minimum atomic E-state index is -0.540. The molecule has 0 fully saturated rings. The number of para-hydroxylation sites is 1. The fourth-order valence-electron chi connectivity index (χ4n) is 2.60. The molecule has 0 bridgehead atoms. The van der Waals surface area contributed by atoms with Crippen LogP contribution in [0.3, 0.4) is 0 Å². The van der Waals surface area contributed by atoms with Gasteiger partial charge in [-0.25, -0.2) is 0 Å². The summed E-state index contributed by atoms with van der Waals surface area (Å²) in [6.45, 7) is 3.97. The van der Waals surface area contributed by atoms with Gasteiger partial charge in [0, 0.05) is 11.5 Å². The predicted molar refractivity (Wildman–Crippen MR) is 90.6 cm³/mol. The van der Waals surface area contributed by atoms with Crippen LogP contribution in [0.25, 0.3) is 0 Å². The monoisotopic (exact) mass is 320 g/mol. The highest BCUT2D eigenvalue weighted by molar-refractivity contribution is 5.96. The molecular formula is C18H18N5O-. The minimum absolute atomic E-state index is 0.166. The van der Waals surface area contributed by atoms with Gasteiger partial charge in [0.25, 0.3) is 0 Å². The number of nitrogens with one attached hydrogen (secondary N) is 1. The molecule has 3 rings (SSSR count). The van der Waals surface area contributed by atoms with Gasteiger partial charge in [0.1, 0.15) is 0 Å². The number of rotatable bonds is 5. The molecule has 0 aliphatic rings. The molecule has 1 N–H and O–H groups in total. The molecule has 2 aromatic carbocycles. The van der Waals surface area contributed by atoms with Crippen LogP contribution < -0.4 is 10.4 Å². The SMILES string of the molecule is Cc1cccc(C[C@@H](C(=O)Nc2ccccc2C)c2nnn[n-]2)c1. The summed E-state index contributed by atoms with van der Waals surface area (Å²) in [5.74, 6) is -0.371. The summed E-state index contributed by atoms with van der Waals surface area (Å²) in [5, 5.41) is 17.8. The highest BCUT2D eigenvalue weighted by Crippen LogP contribution is 2.21. The lowest BCUT2D eigenvalue weighted by Crippen LogP contribution is -2.25. The van der Waals surface area contributed by atoms with Gasteiger partial charge in [-0.3, -0.25) is 15.1 Å². The average Bonchev–Trinajstić information content (AvgIpc) is 3.09. The van der Waals surface area contributed by atoms with Crippen LogP contribution >= 0.6 is 0 Å². The number of carbonyl (C=O) groups is 1. The zero-order chi connectivity index (χ0) is 16.9. The third-order valence-corrected chi connectivity index (χ3v) is 3.89. The zero-order valence-corrected chi connectivity index (χ0v) is 13.6. The highest BCUT2D eigenvalue weighted by Gasteiger charge is 2.21. The fraction of sp³-hybridized carbons (Fsp3) is 0.222. The lowest BCUT2D eigenvalue weighted by Gasteiger charge is -2.18. The van der Waals surface area contributed by atoms with Crippen LogP contribution in [0.4, 0.5) is 5.69 Å². The van der Waals surface area contributed by atoms with E-state index in [0.29, 0.717) is 12.2 Å². The van der Waals surface area contributed by atoms with Gasteiger partial charge in [0.05, 0.1) is 5.92 Å². The van der Waals surface area contributed by atoms with Gasteiger partial charge in [0.15, 0.2) is 0 Å².